The second-order valence-electron chi connectivity index (χ2n) is 8.12. The van der Waals surface area contributed by atoms with Gasteiger partial charge in [-0.1, -0.05) is 29.8 Å². The zero-order valence-electron chi connectivity index (χ0n) is 16.6. The number of hydrogen-bond donors (Lipinski definition) is 1. The number of hydrogen-bond acceptors (Lipinski definition) is 3. The van der Waals surface area contributed by atoms with Crippen molar-refractivity contribution in [3.05, 3.63) is 71.7 Å². The fraction of sp³-hybridized carbons (Fsp3) is 0.304. The molecule has 2 heterocycles. The summed E-state index contributed by atoms with van der Waals surface area (Å²) in [5.74, 6) is -1.04. The van der Waals surface area contributed by atoms with Crippen molar-refractivity contribution in [2.75, 3.05) is 13.1 Å². The molecule has 4 rings (SSSR count). The van der Waals surface area contributed by atoms with E-state index in [4.69, 9.17) is 5.10 Å². The van der Waals surface area contributed by atoms with Gasteiger partial charge in [-0.2, -0.15) is 5.10 Å². The Morgan fingerprint density at radius 2 is 1.86 bits per heavy atom. The third-order valence-corrected chi connectivity index (χ3v) is 5.67. The lowest BCUT2D eigenvalue weighted by Crippen LogP contribution is -2.31. The van der Waals surface area contributed by atoms with Crippen LogP contribution >= 0.6 is 0 Å². The summed E-state index contributed by atoms with van der Waals surface area (Å²) in [4.78, 5) is 13.7. The number of rotatable bonds is 5. The molecule has 1 atom stereocenters. The maximum atomic E-state index is 13.3. The Morgan fingerprint density at radius 1 is 1.17 bits per heavy atom. The van der Waals surface area contributed by atoms with E-state index < -0.39 is 11.4 Å². The number of halogens is 1. The largest absolute Gasteiger partial charge is 0.481 e. The Balaban J connectivity index is 1.68. The van der Waals surface area contributed by atoms with Gasteiger partial charge in [0.2, 0.25) is 0 Å². The number of aromatic nitrogens is 2. The lowest BCUT2D eigenvalue weighted by molar-refractivity contribution is -0.147. The summed E-state index contributed by atoms with van der Waals surface area (Å²) in [5, 5.41) is 14.3. The molecule has 1 saturated heterocycles. The van der Waals surface area contributed by atoms with Gasteiger partial charge in [0.1, 0.15) is 5.82 Å². The van der Waals surface area contributed by atoms with Crippen LogP contribution in [0.5, 0.6) is 0 Å². The number of carbonyl (C=O) groups is 1. The highest BCUT2D eigenvalue weighted by Crippen LogP contribution is 2.33. The molecule has 3 aromatic rings. The predicted octanol–water partition coefficient (Wildman–Crippen LogP) is 4.28. The SMILES string of the molecule is Cc1ccc(-c2nn(-c3ccc(F)cc3)cc2CN2CCC(C)(C(=O)O)C2)cc1. The van der Waals surface area contributed by atoms with Gasteiger partial charge in [-0.3, -0.25) is 9.69 Å². The maximum Gasteiger partial charge on any atom is 0.310 e. The molecule has 150 valence electrons. The monoisotopic (exact) mass is 393 g/mol. The molecule has 0 amide bonds. The summed E-state index contributed by atoms with van der Waals surface area (Å²) in [6, 6.07) is 14.4. The summed E-state index contributed by atoms with van der Waals surface area (Å²) in [6.07, 6.45) is 2.59. The predicted molar refractivity (Wildman–Crippen MR) is 109 cm³/mol. The number of aryl methyl sites for hydroxylation is 1. The zero-order chi connectivity index (χ0) is 20.6. The molecule has 0 spiro atoms. The van der Waals surface area contributed by atoms with Gasteiger partial charge in [-0.15, -0.1) is 0 Å². The van der Waals surface area contributed by atoms with E-state index in [2.05, 4.69) is 4.90 Å². The first-order valence-corrected chi connectivity index (χ1v) is 9.71. The molecule has 1 N–H and O–H groups in total. The molecule has 1 unspecified atom stereocenters. The van der Waals surface area contributed by atoms with Crippen molar-refractivity contribution in [3.8, 4) is 16.9 Å². The highest BCUT2D eigenvalue weighted by molar-refractivity contribution is 5.75. The van der Waals surface area contributed by atoms with Crippen molar-refractivity contribution in [1.82, 2.24) is 14.7 Å². The first-order chi connectivity index (χ1) is 13.8. The lowest BCUT2D eigenvalue weighted by Gasteiger charge is -2.20. The molecular formula is C23H24FN3O2. The Bertz CT molecular complexity index is 1030. The van der Waals surface area contributed by atoms with E-state index in [9.17, 15) is 14.3 Å². The average molecular weight is 393 g/mol. The molecule has 6 heteroatoms. The molecule has 2 aromatic carbocycles. The molecule has 5 nitrogen and oxygen atoms in total. The van der Waals surface area contributed by atoms with Crippen LogP contribution in [0.25, 0.3) is 16.9 Å². The van der Waals surface area contributed by atoms with Crippen LogP contribution < -0.4 is 0 Å². The third-order valence-electron chi connectivity index (χ3n) is 5.67. The zero-order valence-corrected chi connectivity index (χ0v) is 16.6. The van der Waals surface area contributed by atoms with Crippen LogP contribution in [0.2, 0.25) is 0 Å². The molecule has 0 radical (unpaired) electrons. The van der Waals surface area contributed by atoms with E-state index in [1.54, 1.807) is 23.7 Å². The Kier molecular flexibility index (Phi) is 4.96. The molecule has 1 fully saturated rings. The molecule has 0 aliphatic carbocycles. The van der Waals surface area contributed by atoms with Crippen molar-refractivity contribution >= 4 is 5.97 Å². The number of carboxylic acid groups (broad SMARTS) is 1. The topological polar surface area (TPSA) is 58.4 Å². The smallest absolute Gasteiger partial charge is 0.310 e. The van der Waals surface area contributed by atoms with E-state index in [0.29, 0.717) is 19.5 Å². The van der Waals surface area contributed by atoms with E-state index in [1.165, 1.54) is 17.7 Å². The van der Waals surface area contributed by atoms with Gasteiger partial charge in [0.15, 0.2) is 0 Å². The third kappa shape index (κ3) is 3.93. The quantitative estimate of drug-likeness (QED) is 0.703. The highest BCUT2D eigenvalue weighted by atomic mass is 19.1. The Morgan fingerprint density at radius 3 is 2.48 bits per heavy atom. The molecular weight excluding hydrogens is 369 g/mol. The van der Waals surface area contributed by atoms with Gasteiger partial charge >= 0.3 is 5.97 Å². The summed E-state index contributed by atoms with van der Waals surface area (Å²) in [5.41, 5.74) is 4.13. The second kappa shape index (κ2) is 7.44. The van der Waals surface area contributed by atoms with E-state index in [1.807, 2.05) is 37.4 Å². The molecule has 1 aliphatic rings. The van der Waals surface area contributed by atoms with E-state index >= 15 is 0 Å². The van der Waals surface area contributed by atoms with Crippen LogP contribution in [0.1, 0.15) is 24.5 Å². The molecule has 29 heavy (non-hydrogen) atoms. The first kappa shape index (κ1) is 19.3. The van der Waals surface area contributed by atoms with Gasteiger partial charge in [0.25, 0.3) is 0 Å². The van der Waals surface area contributed by atoms with Gasteiger partial charge in [0.05, 0.1) is 16.8 Å². The van der Waals surface area contributed by atoms with Gasteiger partial charge < -0.3 is 5.11 Å². The summed E-state index contributed by atoms with van der Waals surface area (Å²) in [7, 11) is 0. The van der Waals surface area contributed by atoms with Gasteiger partial charge in [0, 0.05) is 30.4 Å². The fourth-order valence-electron chi connectivity index (χ4n) is 3.81. The minimum absolute atomic E-state index is 0.287. The Hall–Kier alpha value is -2.99. The van der Waals surface area contributed by atoms with Crippen LogP contribution in [0.3, 0.4) is 0 Å². The number of nitrogens with zero attached hydrogens (tertiary/aromatic N) is 3. The minimum Gasteiger partial charge on any atom is -0.481 e. The summed E-state index contributed by atoms with van der Waals surface area (Å²) < 4.78 is 15.1. The number of aliphatic carboxylic acids is 1. The first-order valence-electron chi connectivity index (χ1n) is 9.71. The highest BCUT2D eigenvalue weighted by Gasteiger charge is 2.40. The average Bonchev–Trinajstić information content (AvgIpc) is 3.28. The van der Waals surface area contributed by atoms with Crippen LogP contribution in [0.4, 0.5) is 4.39 Å². The molecule has 1 aliphatic heterocycles. The maximum absolute atomic E-state index is 13.3. The molecule has 0 bridgehead atoms. The standard InChI is InChI=1S/C23H24FN3O2/c1-16-3-5-17(6-4-16)21-18(13-26-12-11-23(2,15-26)22(28)29)14-27(25-21)20-9-7-19(24)8-10-20/h3-10,14H,11-13,15H2,1-2H3,(H,28,29). The van der Waals surface area contributed by atoms with Crippen molar-refractivity contribution in [2.45, 2.75) is 26.8 Å². The number of benzene rings is 2. The summed E-state index contributed by atoms with van der Waals surface area (Å²) in [6.45, 7) is 5.71. The normalized spacial score (nSPS) is 19.6. The minimum atomic E-state index is -0.749. The lowest BCUT2D eigenvalue weighted by atomic mass is 9.90. The summed E-state index contributed by atoms with van der Waals surface area (Å²) >= 11 is 0. The van der Waals surface area contributed by atoms with Crippen LogP contribution in [0, 0.1) is 18.2 Å². The van der Waals surface area contributed by atoms with Gasteiger partial charge in [-0.25, -0.2) is 9.07 Å². The van der Waals surface area contributed by atoms with Crippen LogP contribution in [-0.2, 0) is 11.3 Å². The van der Waals surface area contributed by atoms with Crippen molar-refractivity contribution in [1.29, 1.82) is 0 Å². The number of likely N-dealkylation sites (tertiary alicyclic amines) is 1. The van der Waals surface area contributed by atoms with Crippen molar-refractivity contribution < 1.29 is 14.3 Å². The van der Waals surface area contributed by atoms with Crippen molar-refractivity contribution in [3.63, 3.8) is 0 Å². The van der Waals surface area contributed by atoms with E-state index in [0.717, 1.165) is 29.1 Å². The fourth-order valence-corrected chi connectivity index (χ4v) is 3.81. The van der Waals surface area contributed by atoms with Crippen molar-refractivity contribution in [2.24, 2.45) is 5.41 Å². The number of carboxylic acids is 1. The van der Waals surface area contributed by atoms with Gasteiger partial charge in [-0.05, 0) is 51.1 Å². The second-order valence-corrected chi connectivity index (χ2v) is 8.12. The van der Waals surface area contributed by atoms with Crippen LogP contribution in [-0.4, -0.2) is 38.8 Å². The Labute approximate surface area is 169 Å². The van der Waals surface area contributed by atoms with Crippen LogP contribution in [0.15, 0.2) is 54.7 Å². The molecule has 1 aromatic heterocycles. The molecule has 0 saturated carbocycles. The van der Waals surface area contributed by atoms with E-state index in [-0.39, 0.29) is 5.82 Å².